The van der Waals surface area contributed by atoms with Gasteiger partial charge in [0.2, 0.25) is 5.91 Å². The van der Waals surface area contributed by atoms with Gasteiger partial charge >= 0.3 is 0 Å². The number of carbonyl (C=O) groups is 1. The van der Waals surface area contributed by atoms with E-state index in [9.17, 15) is 4.79 Å². The summed E-state index contributed by atoms with van der Waals surface area (Å²) in [7, 11) is 1.77. The molecule has 96 valence electrons. The number of carbonyl (C=O) groups excluding carboxylic acids is 1. The van der Waals surface area contributed by atoms with Crippen LogP contribution in [0.25, 0.3) is 0 Å². The molecule has 3 nitrogen and oxygen atoms in total. The van der Waals surface area contributed by atoms with Gasteiger partial charge in [-0.25, -0.2) is 0 Å². The fourth-order valence-corrected chi connectivity index (χ4v) is 1.85. The molecule has 18 heavy (non-hydrogen) atoms. The van der Waals surface area contributed by atoms with Crippen molar-refractivity contribution in [1.29, 1.82) is 5.26 Å². The molecule has 0 radical (unpaired) electrons. The minimum absolute atomic E-state index is 0.0599. The normalized spacial score (nSPS) is 11.6. The van der Waals surface area contributed by atoms with Crippen LogP contribution in [0.1, 0.15) is 25.3 Å². The van der Waals surface area contributed by atoms with Gasteiger partial charge in [-0.1, -0.05) is 43.7 Å². The lowest BCUT2D eigenvalue weighted by Gasteiger charge is -2.19. The maximum atomic E-state index is 12.0. The van der Waals surface area contributed by atoms with Crippen LogP contribution >= 0.6 is 0 Å². The van der Waals surface area contributed by atoms with E-state index < -0.39 is 5.92 Å². The summed E-state index contributed by atoms with van der Waals surface area (Å²) >= 11 is 0. The Balaban J connectivity index is 2.47. The summed E-state index contributed by atoms with van der Waals surface area (Å²) in [5, 5.41) is 8.96. The number of amides is 1. The van der Waals surface area contributed by atoms with Gasteiger partial charge < -0.3 is 4.90 Å². The van der Waals surface area contributed by atoms with E-state index in [2.05, 4.69) is 6.07 Å². The predicted molar refractivity (Wildman–Crippen MR) is 71.8 cm³/mol. The van der Waals surface area contributed by atoms with Crippen molar-refractivity contribution in [2.24, 2.45) is 5.92 Å². The second-order valence-electron chi connectivity index (χ2n) is 4.47. The Morgan fingerprint density at radius 3 is 2.61 bits per heavy atom. The van der Waals surface area contributed by atoms with Gasteiger partial charge in [-0.2, -0.15) is 5.26 Å². The highest BCUT2D eigenvalue weighted by Gasteiger charge is 2.20. The van der Waals surface area contributed by atoms with E-state index in [-0.39, 0.29) is 5.91 Å². The molecule has 1 aromatic carbocycles. The van der Waals surface area contributed by atoms with Gasteiger partial charge in [0, 0.05) is 13.6 Å². The first-order valence-corrected chi connectivity index (χ1v) is 6.37. The van der Waals surface area contributed by atoms with Crippen LogP contribution in [-0.2, 0) is 11.2 Å². The quantitative estimate of drug-likeness (QED) is 0.772. The predicted octanol–water partition coefficient (Wildman–Crippen LogP) is 2.63. The molecule has 1 unspecified atom stereocenters. The van der Waals surface area contributed by atoms with Crippen molar-refractivity contribution < 1.29 is 4.79 Å². The molecule has 0 aliphatic heterocycles. The number of benzene rings is 1. The zero-order valence-corrected chi connectivity index (χ0v) is 11.1. The van der Waals surface area contributed by atoms with E-state index in [1.165, 1.54) is 5.56 Å². The summed E-state index contributed by atoms with van der Waals surface area (Å²) in [6.45, 7) is 2.65. The lowest BCUT2D eigenvalue weighted by atomic mass is 10.0. The lowest BCUT2D eigenvalue weighted by molar-refractivity contribution is -0.132. The van der Waals surface area contributed by atoms with E-state index in [1.54, 1.807) is 11.9 Å². The summed E-state index contributed by atoms with van der Waals surface area (Å²) in [5.74, 6) is -0.550. The largest absolute Gasteiger partial charge is 0.344 e. The van der Waals surface area contributed by atoms with Crippen molar-refractivity contribution in [3.05, 3.63) is 35.9 Å². The molecular weight excluding hydrogens is 224 g/mol. The third-order valence-electron chi connectivity index (χ3n) is 2.99. The van der Waals surface area contributed by atoms with Crippen molar-refractivity contribution in [3.8, 4) is 6.07 Å². The summed E-state index contributed by atoms with van der Waals surface area (Å²) in [4.78, 5) is 13.7. The molecule has 0 aliphatic rings. The first-order chi connectivity index (χ1) is 8.69. The molecule has 3 heteroatoms. The Morgan fingerprint density at radius 2 is 2.06 bits per heavy atom. The van der Waals surface area contributed by atoms with Crippen LogP contribution < -0.4 is 0 Å². The molecular formula is C15H20N2O. The molecule has 0 bridgehead atoms. The van der Waals surface area contributed by atoms with Gasteiger partial charge in [-0.3, -0.25) is 4.79 Å². The van der Waals surface area contributed by atoms with Gasteiger partial charge in [0.25, 0.3) is 0 Å². The molecule has 0 heterocycles. The van der Waals surface area contributed by atoms with Gasteiger partial charge in [-0.05, 0) is 18.4 Å². The highest BCUT2D eigenvalue weighted by Crippen LogP contribution is 2.09. The fourth-order valence-electron chi connectivity index (χ4n) is 1.85. The Labute approximate surface area is 109 Å². The van der Waals surface area contributed by atoms with E-state index >= 15 is 0 Å². The maximum Gasteiger partial charge on any atom is 0.239 e. The van der Waals surface area contributed by atoms with Crippen molar-refractivity contribution in [1.82, 2.24) is 4.90 Å². The number of nitrogens with zero attached hydrogens (tertiary/aromatic N) is 2. The Morgan fingerprint density at radius 1 is 1.39 bits per heavy atom. The van der Waals surface area contributed by atoms with Crippen LogP contribution in [0.15, 0.2) is 30.3 Å². The average Bonchev–Trinajstić information content (AvgIpc) is 2.42. The molecule has 0 fully saturated rings. The number of nitriles is 1. The zero-order chi connectivity index (χ0) is 13.4. The molecule has 1 aromatic rings. The molecule has 0 N–H and O–H groups in total. The van der Waals surface area contributed by atoms with Crippen LogP contribution in [0, 0.1) is 17.2 Å². The van der Waals surface area contributed by atoms with E-state index in [0.717, 1.165) is 12.8 Å². The molecule has 0 saturated carbocycles. The van der Waals surface area contributed by atoms with Crippen molar-refractivity contribution in [2.45, 2.75) is 26.2 Å². The summed E-state index contributed by atoms with van der Waals surface area (Å²) in [5.41, 5.74) is 1.21. The molecule has 1 amide bonds. The van der Waals surface area contributed by atoms with Gasteiger partial charge in [-0.15, -0.1) is 0 Å². The second kappa shape index (κ2) is 7.50. The fraction of sp³-hybridized carbons (Fsp3) is 0.467. The Bertz CT molecular complexity index is 408. The highest BCUT2D eigenvalue weighted by molar-refractivity contribution is 5.80. The Hall–Kier alpha value is -1.82. The number of rotatable bonds is 6. The maximum absolute atomic E-state index is 12.0. The van der Waals surface area contributed by atoms with Crippen LogP contribution in [0.2, 0.25) is 0 Å². The smallest absolute Gasteiger partial charge is 0.239 e. The topological polar surface area (TPSA) is 44.1 Å². The van der Waals surface area contributed by atoms with Crippen LogP contribution in [0.3, 0.4) is 0 Å². The summed E-state index contributed by atoms with van der Waals surface area (Å²) < 4.78 is 0. The molecule has 0 saturated heterocycles. The molecule has 1 atom stereocenters. The van der Waals surface area contributed by atoms with Gasteiger partial charge in [0.1, 0.15) is 5.92 Å². The van der Waals surface area contributed by atoms with Crippen LogP contribution in [0.4, 0.5) is 0 Å². The van der Waals surface area contributed by atoms with Crippen molar-refractivity contribution >= 4 is 5.91 Å². The second-order valence-corrected chi connectivity index (χ2v) is 4.47. The lowest BCUT2D eigenvalue weighted by Crippen LogP contribution is -2.33. The van der Waals surface area contributed by atoms with Crippen molar-refractivity contribution in [3.63, 3.8) is 0 Å². The summed E-state index contributed by atoms with van der Waals surface area (Å²) in [6.07, 6.45) is 2.33. The number of hydrogen-bond donors (Lipinski definition) is 0. The minimum atomic E-state index is -0.490. The molecule has 0 spiro atoms. The molecule has 0 aromatic heterocycles. The van der Waals surface area contributed by atoms with Gasteiger partial charge in [0.15, 0.2) is 0 Å². The van der Waals surface area contributed by atoms with E-state index in [0.29, 0.717) is 13.0 Å². The SMILES string of the molecule is CCCC(C#N)C(=O)N(C)CCc1ccccc1. The average molecular weight is 244 g/mol. The monoisotopic (exact) mass is 244 g/mol. The molecule has 0 aliphatic carbocycles. The third kappa shape index (κ3) is 4.21. The van der Waals surface area contributed by atoms with E-state index in [1.807, 2.05) is 37.3 Å². The number of hydrogen-bond acceptors (Lipinski definition) is 2. The first kappa shape index (κ1) is 14.2. The standard InChI is InChI=1S/C15H20N2O/c1-3-7-14(12-16)15(18)17(2)11-10-13-8-5-4-6-9-13/h4-6,8-9,14H,3,7,10-11H2,1-2H3. The first-order valence-electron chi connectivity index (χ1n) is 6.37. The van der Waals surface area contributed by atoms with Crippen LogP contribution in [-0.4, -0.2) is 24.4 Å². The summed E-state index contributed by atoms with van der Waals surface area (Å²) in [6, 6.07) is 12.1. The van der Waals surface area contributed by atoms with Crippen molar-refractivity contribution in [2.75, 3.05) is 13.6 Å². The number of likely N-dealkylation sites (N-methyl/N-ethyl adjacent to an activating group) is 1. The van der Waals surface area contributed by atoms with Gasteiger partial charge in [0.05, 0.1) is 6.07 Å². The minimum Gasteiger partial charge on any atom is -0.344 e. The van der Waals surface area contributed by atoms with E-state index in [4.69, 9.17) is 5.26 Å². The highest BCUT2D eigenvalue weighted by atomic mass is 16.2. The zero-order valence-electron chi connectivity index (χ0n) is 11.1. The Kier molecular flexibility index (Phi) is 5.93. The third-order valence-corrected chi connectivity index (χ3v) is 2.99. The van der Waals surface area contributed by atoms with Crippen LogP contribution in [0.5, 0.6) is 0 Å². The molecule has 1 rings (SSSR count).